The second-order valence-electron chi connectivity index (χ2n) is 4.11. The molecule has 0 saturated heterocycles. The van der Waals surface area contributed by atoms with Crippen LogP contribution in [0.15, 0.2) is 52.6 Å². The van der Waals surface area contributed by atoms with Gasteiger partial charge in [-0.1, -0.05) is 11.2 Å². The Labute approximate surface area is 119 Å². The fourth-order valence-electron chi connectivity index (χ4n) is 1.90. The van der Waals surface area contributed by atoms with Crippen molar-refractivity contribution in [1.29, 1.82) is 0 Å². The molecule has 3 rings (SSSR count). The third kappa shape index (κ3) is 2.23. The van der Waals surface area contributed by atoms with E-state index in [9.17, 15) is 4.79 Å². The number of hydrogen-bond donors (Lipinski definition) is 0. The van der Waals surface area contributed by atoms with Crippen LogP contribution in [0.5, 0.6) is 5.75 Å². The molecule has 0 saturated carbocycles. The van der Waals surface area contributed by atoms with Crippen molar-refractivity contribution in [2.45, 2.75) is 0 Å². The lowest BCUT2D eigenvalue weighted by atomic mass is 10.0. The van der Waals surface area contributed by atoms with Crippen LogP contribution in [0.3, 0.4) is 0 Å². The lowest BCUT2D eigenvalue weighted by molar-refractivity contribution is 0.104. The summed E-state index contributed by atoms with van der Waals surface area (Å²) < 4.78 is 10.1. The van der Waals surface area contributed by atoms with E-state index in [-0.39, 0.29) is 5.78 Å². The zero-order valence-electron chi connectivity index (χ0n) is 10.7. The van der Waals surface area contributed by atoms with Crippen molar-refractivity contribution in [3.8, 4) is 17.0 Å². The molecule has 2 heterocycles. The lowest BCUT2D eigenvalue weighted by Crippen LogP contribution is -1.99. The Morgan fingerprint density at radius 3 is 2.70 bits per heavy atom. The Bertz CT molecular complexity index is 714. The molecule has 0 N–H and O–H groups in total. The average Bonchev–Trinajstić information content (AvgIpc) is 3.18. The summed E-state index contributed by atoms with van der Waals surface area (Å²) in [6.07, 6.45) is 1.39. The summed E-state index contributed by atoms with van der Waals surface area (Å²) >= 11 is 1.40. The highest BCUT2D eigenvalue weighted by molar-refractivity contribution is 7.12. The van der Waals surface area contributed by atoms with Gasteiger partial charge in [0.1, 0.15) is 17.7 Å². The molecule has 20 heavy (non-hydrogen) atoms. The fraction of sp³-hybridized carbons (Fsp3) is 0.0667. The summed E-state index contributed by atoms with van der Waals surface area (Å²) in [6.45, 7) is 0. The van der Waals surface area contributed by atoms with Crippen LogP contribution in [0.4, 0.5) is 0 Å². The molecule has 2 aromatic heterocycles. The number of rotatable bonds is 4. The minimum Gasteiger partial charge on any atom is -0.497 e. The molecule has 1 aromatic carbocycles. The van der Waals surface area contributed by atoms with Crippen LogP contribution in [0, 0.1) is 0 Å². The summed E-state index contributed by atoms with van der Waals surface area (Å²) in [5, 5.41) is 5.81. The molecule has 4 nitrogen and oxygen atoms in total. The Morgan fingerprint density at radius 2 is 2.05 bits per heavy atom. The van der Waals surface area contributed by atoms with Gasteiger partial charge in [-0.2, -0.15) is 0 Å². The van der Waals surface area contributed by atoms with Crippen LogP contribution in [0.1, 0.15) is 15.2 Å². The fourth-order valence-corrected chi connectivity index (χ4v) is 2.57. The van der Waals surface area contributed by atoms with E-state index in [0.717, 1.165) is 11.3 Å². The number of benzene rings is 1. The zero-order chi connectivity index (χ0) is 13.9. The summed E-state index contributed by atoms with van der Waals surface area (Å²) in [7, 11) is 1.61. The Hall–Kier alpha value is -2.40. The Balaban J connectivity index is 1.99. The van der Waals surface area contributed by atoms with Gasteiger partial charge in [-0.05, 0) is 35.7 Å². The van der Waals surface area contributed by atoms with Crippen molar-refractivity contribution in [3.05, 3.63) is 58.5 Å². The molecule has 0 aliphatic heterocycles. The third-order valence-corrected chi connectivity index (χ3v) is 3.79. The third-order valence-electron chi connectivity index (χ3n) is 2.92. The Kier molecular flexibility index (Phi) is 3.35. The molecule has 0 bridgehead atoms. The van der Waals surface area contributed by atoms with Gasteiger partial charge in [-0.15, -0.1) is 11.3 Å². The van der Waals surface area contributed by atoms with Crippen molar-refractivity contribution in [3.63, 3.8) is 0 Å². The summed E-state index contributed by atoms with van der Waals surface area (Å²) in [5.74, 6) is 0.676. The molecule has 0 fully saturated rings. The maximum Gasteiger partial charge on any atom is 0.208 e. The standard InChI is InChI=1S/C15H11NO3S/c1-18-11-6-4-10(5-7-11)14-12(9-19-16-14)15(17)13-3-2-8-20-13/h2-9H,1H3. The van der Waals surface area contributed by atoms with Gasteiger partial charge in [0.25, 0.3) is 0 Å². The molecule has 3 aromatic rings. The second kappa shape index (κ2) is 5.30. The van der Waals surface area contributed by atoms with Gasteiger partial charge in [-0.25, -0.2) is 0 Å². The van der Waals surface area contributed by atoms with Crippen LogP contribution in [-0.2, 0) is 0 Å². The van der Waals surface area contributed by atoms with Crippen molar-refractivity contribution >= 4 is 17.1 Å². The van der Waals surface area contributed by atoms with Gasteiger partial charge in [-0.3, -0.25) is 4.79 Å². The SMILES string of the molecule is COc1ccc(-c2nocc2C(=O)c2cccs2)cc1. The van der Waals surface area contributed by atoms with Crippen molar-refractivity contribution in [2.75, 3.05) is 7.11 Å². The summed E-state index contributed by atoms with van der Waals surface area (Å²) in [6, 6.07) is 11.0. The van der Waals surface area contributed by atoms with Gasteiger partial charge >= 0.3 is 0 Å². The Morgan fingerprint density at radius 1 is 1.25 bits per heavy atom. The molecule has 5 heteroatoms. The molecule has 0 spiro atoms. The van der Waals surface area contributed by atoms with Crippen molar-refractivity contribution in [2.24, 2.45) is 0 Å². The minimum atomic E-state index is -0.0768. The molecule has 0 amide bonds. The van der Waals surface area contributed by atoms with E-state index in [4.69, 9.17) is 9.26 Å². The van der Waals surface area contributed by atoms with Gasteiger partial charge in [0.15, 0.2) is 0 Å². The van der Waals surface area contributed by atoms with Crippen LogP contribution < -0.4 is 4.74 Å². The number of ketones is 1. The van der Waals surface area contributed by atoms with Crippen LogP contribution in [0.25, 0.3) is 11.3 Å². The second-order valence-corrected chi connectivity index (χ2v) is 5.06. The van der Waals surface area contributed by atoms with Gasteiger partial charge in [0.2, 0.25) is 5.78 Å². The smallest absolute Gasteiger partial charge is 0.208 e. The number of thiophene rings is 1. The monoisotopic (exact) mass is 285 g/mol. The predicted octanol–water partition coefficient (Wildman–Crippen LogP) is 3.64. The lowest BCUT2D eigenvalue weighted by Gasteiger charge is -2.02. The topological polar surface area (TPSA) is 52.3 Å². The van der Waals surface area contributed by atoms with E-state index >= 15 is 0 Å². The van der Waals surface area contributed by atoms with Crippen LogP contribution in [-0.4, -0.2) is 18.0 Å². The van der Waals surface area contributed by atoms with Crippen LogP contribution >= 0.6 is 11.3 Å². The highest BCUT2D eigenvalue weighted by atomic mass is 32.1. The number of hydrogen-bond acceptors (Lipinski definition) is 5. The van der Waals surface area contributed by atoms with Crippen molar-refractivity contribution < 1.29 is 14.1 Å². The summed E-state index contributed by atoms with van der Waals surface area (Å²) in [5.41, 5.74) is 1.84. The molecule has 0 radical (unpaired) electrons. The first-order chi connectivity index (χ1) is 9.79. The molecular formula is C15H11NO3S. The van der Waals surface area contributed by atoms with Crippen LogP contribution in [0.2, 0.25) is 0 Å². The number of aromatic nitrogens is 1. The molecule has 0 atom stereocenters. The molecule has 0 unspecified atom stereocenters. The zero-order valence-corrected chi connectivity index (χ0v) is 11.5. The average molecular weight is 285 g/mol. The van der Waals surface area contributed by atoms with E-state index in [1.807, 2.05) is 35.7 Å². The molecule has 100 valence electrons. The number of nitrogens with zero attached hydrogens (tertiary/aromatic N) is 1. The maximum atomic E-state index is 12.4. The predicted molar refractivity (Wildman–Crippen MR) is 76.2 cm³/mol. The quantitative estimate of drug-likeness (QED) is 0.687. The number of carbonyl (C=O) groups is 1. The first kappa shape index (κ1) is 12.6. The van der Waals surface area contributed by atoms with E-state index in [1.165, 1.54) is 17.6 Å². The maximum absolute atomic E-state index is 12.4. The first-order valence-corrected chi connectivity index (χ1v) is 6.84. The molecule has 0 aliphatic carbocycles. The first-order valence-electron chi connectivity index (χ1n) is 5.96. The van der Waals surface area contributed by atoms with E-state index in [0.29, 0.717) is 16.1 Å². The molecule has 0 aliphatic rings. The van der Waals surface area contributed by atoms with Gasteiger partial charge < -0.3 is 9.26 Å². The highest BCUT2D eigenvalue weighted by Gasteiger charge is 2.19. The van der Waals surface area contributed by atoms with E-state index < -0.39 is 0 Å². The van der Waals surface area contributed by atoms with Gasteiger partial charge in [0, 0.05) is 5.56 Å². The number of carbonyl (C=O) groups excluding carboxylic acids is 1. The normalized spacial score (nSPS) is 10.4. The minimum absolute atomic E-state index is 0.0768. The largest absolute Gasteiger partial charge is 0.497 e. The number of ether oxygens (including phenoxy) is 1. The van der Waals surface area contributed by atoms with Crippen molar-refractivity contribution in [1.82, 2.24) is 5.16 Å². The van der Waals surface area contributed by atoms with E-state index in [1.54, 1.807) is 13.2 Å². The molecular weight excluding hydrogens is 274 g/mol. The van der Waals surface area contributed by atoms with E-state index in [2.05, 4.69) is 5.16 Å². The summed E-state index contributed by atoms with van der Waals surface area (Å²) in [4.78, 5) is 13.0. The van der Waals surface area contributed by atoms with Gasteiger partial charge in [0.05, 0.1) is 17.6 Å². The highest BCUT2D eigenvalue weighted by Crippen LogP contribution is 2.27. The number of methoxy groups -OCH3 is 1.